The van der Waals surface area contributed by atoms with Gasteiger partial charge in [0.1, 0.15) is 5.70 Å². The van der Waals surface area contributed by atoms with Crippen LogP contribution in [0.1, 0.15) is 5.56 Å². The monoisotopic (exact) mass is 402 g/mol. The van der Waals surface area contributed by atoms with Crippen LogP contribution in [0, 0.1) is 0 Å². The third kappa shape index (κ3) is 3.23. The minimum Gasteiger partial charge on any atom is -0.378 e. The molecule has 2 aliphatic rings. The molecule has 2 heterocycles. The molecule has 5 nitrogen and oxygen atoms in total. The van der Waals surface area contributed by atoms with Crippen molar-refractivity contribution in [1.82, 2.24) is 4.90 Å². The number of hydrogen-bond acceptors (Lipinski definition) is 4. The Morgan fingerprint density at radius 2 is 1.59 bits per heavy atom. The Morgan fingerprint density at radius 3 is 2.26 bits per heavy atom. The van der Waals surface area contributed by atoms with E-state index < -0.39 is 5.91 Å². The van der Waals surface area contributed by atoms with Crippen molar-refractivity contribution in [3.05, 3.63) is 69.8 Å². The molecule has 0 atom stereocenters. The summed E-state index contributed by atoms with van der Waals surface area (Å²) in [4.78, 5) is 29.7. The first kappa shape index (κ1) is 18.0. The quantitative estimate of drug-likeness (QED) is 0.735. The number of imide groups is 1. The third-order valence-electron chi connectivity index (χ3n) is 4.60. The van der Waals surface area contributed by atoms with Gasteiger partial charge < -0.3 is 9.64 Å². The van der Waals surface area contributed by atoms with Gasteiger partial charge in [-0.3, -0.25) is 9.59 Å². The summed E-state index contributed by atoms with van der Waals surface area (Å²) in [6, 6.07) is 13.8. The van der Waals surface area contributed by atoms with Crippen molar-refractivity contribution in [1.29, 1.82) is 0 Å². The van der Waals surface area contributed by atoms with Crippen molar-refractivity contribution in [2.24, 2.45) is 0 Å². The summed E-state index contributed by atoms with van der Waals surface area (Å²) in [6.45, 7) is 2.06. The fourth-order valence-electron chi connectivity index (χ4n) is 3.35. The number of morpholine rings is 1. The number of para-hydroxylation sites is 1. The van der Waals surface area contributed by atoms with Gasteiger partial charge in [-0.2, -0.15) is 0 Å². The summed E-state index contributed by atoms with van der Waals surface area (Å²) in [5.41, 5.74) is 1.68. The van der Waals surface area contributed by atoms with Crippen LogP contribution in [0.15, 0.2) is 54.2 Å². The number of carbonyl (C=O) groups excluding carboxylic acids is 2. The van der Waals surface area contributed by atoms with E-state index in [-0.39, 0.29) is 5.91 Å². The van der Waals surface area contributed by atoms with Crippen LogP contribution in [0.5, 0.6) is 0 Å². The van der Waals surface area contributed by atoms with Crippen LogP contribution in [0.2, 0.25) is 10.0 Å². The Balaban J connectivity index is 1.87. The van der Waals surface area contributed by atoms with E-state index >= 15 is 0 Å². The Hall–Kier alpha value is -2.34. The smallest absolute Gasteiger partial charge is 0.282 e. The van der Waals surface area contributed by atoms with Crippen LogP contribution in [0.4, 0.5) is 5.69 Å². The fraction of sp³-hybridized carbons (Fsp3) is 0.200. The molecule has 0 N–H and O–H groups in total. The summed E-state index contributed by atoms with van der Waals surface area (Å²) >= 11 is 12.4. The number of nitrogens with zero attached hydrogens (tertiary/aromatic N) is 2. The number of ether oxygens (including phenoxy) is 1. The molecule has 27 heavy (non-hydrogen) atoms. The normalized spacial score (nSPS) is 17.9. The lowest BCUT2D eigenvalue weighted by molar-refractivity contribution is -0.121. The van der Waals surface area contributed by atoms with Gasteiger partial charge >= 0.3 is 0 Å². The van der Waals surface area contributed by atoms with Crippen molar-refractivity contribution in [2.75, 3.05) is 31.2 Å². The molecule has 1 fully saturated rings. The molecule has 4 rings (SSSR count). The van der Waals surface area contributed by atoms with E-state index in [0.717, 1.165) is 0 Å². The number of rotatable bonds is 3. The molecule has 0 saturated carbocycles. The van der Waals surface area contributed by atoms with Gasteiger partial charge in [-0.1, -0.05) is 47.5 Å². The fourth-order valence-corrected chi connectivity index (χ4v) is 3.85. The minimum atomic E-state index is -0.392. The highest BCUT2D eigenvalue weighted by Gasteiger charge is 2.43. The molecule has 0 aliphatic carbocycles. The zero-order valence-corrected chi connectivity index (χ0v) is 15.8. The zero-order chi connectivity index (χ0) is 19.0. The second kappa shape index (κ2) is 7.35. The highest BCUT2D eigenvalue weighted by molar-refractivity contribution is 6.47. The number of anilines is 1. The van der Waals surface area contributed by atoms with Crippen LogP contribution < -0.4 is 4.90 Å². The van der Waals surface area contributed by atoms with Gasteiger partial charge in [0.25, 0.3) is 11.8 Å². The highest BCUT2D eigenvalue weighted by Crippen LogP contribution is 2.38. The summed E-state index contributed by atoms with van der Waals surface area (Å²) in [5, 5.41) is 0.799. The molecule has 0 aromatic heterocycles. The molecule has 138 valence electrons. The van der Waals surface area contributed by atoms with Gasteiger partial charge in [0.2, 0.25) is 0 Å². The van der Waals surface area contributed by atoms with Gasteiger partial charge in [0, 0.05) is 23.7 Å². The third-order valence-corrected chi connectivity index (χ3v) is 5.15. The largest absolute Gasteiger partial charge is 0.378 e. The van der Waals surface area contributed by atoms with E-state index in [2.05, 4.69) is 0 Å². The summed E-state index contributed by atoms with van der Waals surface area (Å²) in [6.07, 6.45) is 0. The maximum Gasteiger partial charge on any atom is 0.282 e. The second-order valence-electron chi connectivity index (χ2n) is 6.23. The molecular formula is C20H16Cl2N2O3. The number of benzene rings is 2. The van der Waals surface area contributed by atoms with E-state index in [4.69, 9.17) is 27.9 Å². The first-order valence-corrected chi connectivity index (χ1v) is 9.30. The summed E-state index contributed by atoms with van der Waals surface area (Å²) in [7, 11) is 0. The van der Waals surface area contributed by atoms with Crippen LogP contribution in [-0.2, 0) is 14.3 Å². The van der Waals surface area contributed by atoms with Crippen molar-refractivity contribution < 1.29 is 14.3 Å². The molecule has 0 radical (unpaired) electrons. The van der Waals surface area contributed by atoms with Crippen molar-refractivity contribution >= 4 is 46.3 Å². The summed E-state index contributed by atoms with van der Waals surface area (Å²) in [5.74, 6) is -0.744. The van der Waals surface area contributed by atoms with E-state index in [9.17, 15) is 9.59 Å². The van der Waals surface area contributed by atoms with Gasteiger partial charge in [-0.15, -0.1) is 0 Å². The number of halogens is 2. The second-order valence-corrected chi connectivity index (χ2v) is 7.07. The predicted molar refractivity (Wildman–Crippen MR) is 105 cm³/mol. The van der Waals surface area contributed by atoms with E-state index in [1.807, 2.05) is 11.0 Å². The number of carbonyl (C=O) groups is 2. The van der Waals surface area contributed by atoms with Crippen LogP contribution >= 0.6 is 23.2 Å². The minimum absolute atomic E-state index is 0.299. The Morgan fingerprint density at radius 1 is 0.889 bits per heavy atom. The molecule has 7 heteroatoms. The van der Waals surface area contributed by atoms with Crippen molar-refractivity contribution in [3.63, 3.8) is 0 Å². The zero-order valence-electron chi connectivity index (χ0n) is 14.3. The van der Waals surface area contributed by atoms with Crippen molar-refractivity contribution in [3.8, 4) is 0 Å². The first-order valence-electron chi connectivity index (χ1n) is 8.54. The van der Waals surface area contributed by atoms with Gasteiger partial charge in [-0.05, 0) is 24.3 Å². The number of amides is 2. The Bertz CT molecular complexity index is 937. The van der Waals surface area contributed by atoms with Crippen LogP contribution in [-0.4, -0.2) is 43.0 Å². The van der Waals surface area contributed by atoms with E-state index in [1.165, 1.54) is 4.90 Å². The van der Waals surface area contributed by atoms with Gasteiger partial charge in [-0.25, -0.2) is 4.90 Å². The Kier molecular flexibility index (Phi) is 4.91. The number of hydrogen-bond donors (Lipinski definition) is 0. The molecule has 0 unspecified atom stereocenters. The molecule has 2 aliphatic heterocycles. The first-order chi connectivity index (χ1) is 13.1. The van der Waals surface area contributed by atoms with E-state index in [1.54, 1.807) is 42.5 Å². The van der Waals surface area contributed by atoms with Crippen LogP contribution in [0.25, 0.3) is 5.57 Å². The van der Waals surface area contributed by atoms with Gasteiger partial charge in [0.05, 0.1) is 29.5 Å². The molecule has 0 spiro atoms. The molecular weight excluding hydrogens is 387 g/mol. The Labute approximate surface area is 166 Å². The van der Waals surface area contributed by atoms with Gasteiger partial charge in [0.15, 0.2) is 0 Å². The maximum absolute atomic E-state index is 13.3. The lowest BCUT2D eigenvalue weighted by atomic mass is 10.0. The lowest BCUT2D eigenvalue weighted by Crippen LogP contribution is -2.40. The highest BCUT2D eigenvalue weighted by atomic mass is 35.5. The molecule has 2 aromatic carbocycles. The summed E-state index contributed by atoms with van der Waals surface area (Å²) < 4.78 is 5.40. The maximum atomic E-state index is 13.3. The van der Waals surface area contributed by atoms with Crippen molar-refractivity contribution in [2.45, 2.75) is 0 Å². The lowest BCUT2D eigenvalue weighted by Gasteiger charge is -2.29. The standard InChI is InChI=1S/C20H16Cl2N2O3/c21-13-6-7-15(16(22)12-13)17-18(23-8-10-27-11-9-23)20(26)24(19(17)25)14-4-2-1-3-5-14/h1-7,12H,8-11H2. The molecule has 1 saturated heterocycles. The van der Waals surface area contributed by atoms with Crippen LogP contribution in [0.3, 0.4) is 0 Å². The average molecular weight is 403 g/mol. The average Bonchev–Trinajstić information content (AvgIpc) is 2.93. The van der Waals surface area contributed by atoms with E-state index in [0.29, 0.717) is 58.9 Å². The SMILES string of the molecule is O=C1C(c2ccc(Cl)cc2Cl)=C(N2CCOCC2)C(=O)N1c1ccccc1. The molecule has 2 amide bonds. The molecule has 0 bridgehead atoms. The predicted octanol–water partition coefficient (Wildman–Crippen LogP) is 3.61. The topological polar surface area (TPSA) is 49.9 Å². The molecule has 2 aromatic rings.